The molecule has 0 aliphatic carbocycles. The van der Waals surface area contributed by atoms with Gasteiger partial charge in [-0.25, -0.2) is 9.97 Å². The summed E-state index contributed by atoms with van der Waals surface area (Å²) in [5.41, 5.74) is 2.35. The molecule has 138 valence electrons. The van der Waals surface area contributed by atoms with Gasteiger partial charge in [0.1, 0.15) is 23.6 Å². The zero-order chi connectivity index (χ0) is 19.1. The van der Waals surface area contributed by atoms with Gasteiger partial charge in [-0.1, -0.05) is 48.5 Å². The van der Waals surface area contributed by atoms with Crippen molar-refractivity contribution in [3.8, 4) is 5.75 Å². The van der Waals surface area contributed by atoms with Gasteiger partial charge >= 0.3 is 0 Å². The predicted molar refractivity (Wildman–Crippen MR) is 105 cm³/mol. The van der Waals surface area contributed by atoms with Gasteiger partial charge in [0.15, 0.2) is 0 Å². The molecule has 0 aliphatic rings. The Labute approximate surface area is 158 Å². The van der Waals surface area contributed by atoms with Crippen LogP contribution in [0.2, 0.25) is 0 Å². The fourth-order valence-electron chi connectivity index (χ4n) is 2.72. The third-order valence-corrected chi connectivity index (χ3v) is 4.20. The first kappa shape index (κ1) is 18.4. The molecule has 1 atom stereocenters. The molecule has 1 amide bonds. The van der Waals surface area contributed by atoms with Crippen LogP contribution in [0.1, 0.15) is 34.6 Å². The summed E-state index contributed by atoms with van der Waals surface area (Å²) in [4.78, 5) is 20.7. The van der Waals surface area contributed by atoms with E-state index in [1.807, 2.05) is 61.5 Å². The summed E-state index contributed by atoms with van der Waals surface area (Å²) < 4.78 is 5.30. The molecule has 2 aromatic carbocycles. The smallest absolute Gasteiger partial charge is 0.270 e. The summed E-state index contributed by atoms with van der Waals surface area (Å²) in [5, 5.41) is 6.16. The number of anilines is 1. The molecule has 6 heteroatoms. The van der Waals surface area contributed by atoms with Crippen molar-refractivity contribution in [2.45, 2.75) is 19.5 Å². The Balaban J connectivity index is 1.65. The quantitative estimate of drug-likeness (QED) is 0.672. The highest BCUT2D eigenvalue weighted by Gasteiger charge is 2.12. The molecule has 2 N–H and O–H groups in total. The van der Waals surface area contributed by atoms with Crippen LogP contribution in [-0.4, -0.2) is 23.0 Å². The summed E-state index contributed by atoms with van der Waals surface area (Å²) in [6.07, 6.45) is 1.39. The van der Waals surface area contributed by atoms with Crippen LogP contribution in [0.5, 0.6) is 5.75 Å². The Kier molecular flexibility index (Phi) is 5.99. The Hall–Kier alpha value is -3.41. The van der Waals surface area contributed by atoms with Crippen molar-refractivity contribution in [1.29, 1.82) is 0 Å². The van der Waals surface area contributed by atoms with Crippen LogP contribution in [0.3, 0.4) is 0 Å². The number of benzene rings is 2. The number of carbonyl (C=O) groups excluding carboxylic acids is 1. The predicted octanol–water partition coefficient (Wildman–Crippen LogP) is 3.59. The zero-order valence-electron chi connectivity index (χ0n) is 15.3. The first-order chi connectivity index (χ1) is 13.2. The first-order valence-corrected chi connectivity index (χ1v) is 8.71. The molecule has 1 unspecified atom stereocenters. The molecule has 27 heavy (non-hydrogen) atoms. The van der Waals surface area contributed by atoms with E-state index in [1.165, 1.54) is 6.33 Å². The third kappa shape index (κ3) is 4.82. The second-order valence-corrected chi connectivity index (χ2v) is 6.06. The molecular formula is C21H22N4O2. The standard InChI is InChI=1S/C21H22N4O2/c1-15(16-8-4-3-5-9-16)25-20-12-18(23-14-24-20)21(26)22-13-17-10-6-7-11-19(17)27-2/h3-12,14-15H,13H2,1-2H3,(H,22,26)(H,23,24,25). The van der Waals surface area contributed by atoms with Gasteiger partial charge in [-0.05, 0) is 18.6 Å². The number of nitrogens with zero attached hydrogens (tertiary/aromatic N) is 2. The minimum atomic E-state index is -0.265. The minimum absolute atomic E-state index is 0.0607. The normalized spacial score (nSPS) is 11.5. The number of methoxy groups -OCH3 is 1. The van der Waals surface area contributed by atoms with Crippen LogP contribution in [-0.2, 0) is 6.54 Å². The van der Waals surface area contributed by atoms with E-state index in [0.29, 0.717) is 18.1 Å². The molecule has 3 aromatic rings. The molecule has 0 radical (unpaired) electrons. The SMILES string of the molecule is COc1ccccc1CNC(=O)c1cc(NC(C)c2ccccc2)ncn1. The van der Waals surface area contributed by atoms with Crippen LogP contribution in [0.15, 0.2) is 67.0 Å². The molecule has 0 saturated heterocycles. The van der Waals surface area contributed by atoms with Crippen LogP contribution in [0.25, 0.3) is 0 Å². The summed E-state index contributed by atoms with van der Waals surface area (Å²) >= 11 is 0. The van der Waals surface area contributed by atoms with Gasteiger partial charge in [0.2, 0.25) is 0 Å². The summed E-state index contributed by atoms with van der Waals surface area (Å²) in [5.74, 6) is 1.07. The van der Waals surface area contributed by atoms with Crippen molar-refractivity contribution in [2.24, 2.45) is 0 Å². The number of carbonyl (C=O) groups is 1. The Morgan fingerprint density at radius 2 is 1.81 bits per heavy atom. The molecule has 0 bridgehead atoms. The number of rotatable bonds is 7. The average Bonchev–Trinajstić information content (AvgIpc) is 2.73. The maximum Gasteiger partial charge on any atom is 0.270 e. The van der Waals surface area contributed by atoms with Crippen molar-refractivity contribution in [3.05, 3.63) is 83.8 Å². The lowest BCUT2D eigenvalue weighted by Crippen LogP contribution is -2.24. The summed E-state index contributed by atoms with van der Waals surface area (Å²) in [6.45, 7) is 2.40. The monoisotopic (exact) mass is 362 g/mol. The van der Waals surface area contributed by atoms with Crippen molar-refractivity contribution in [2.75, 3.05) is 12.4 Å². The molecule has 6 nitrogen and oxygen atoms in total. The zero-order valence-corrected chi connectivity index (χ0v) is 15.3. The fraction of sp³-hybridized carbons (Fsp3) is 0.190. The number of ether oxygens (including phenoxy) is 1. The Bertz CT molecular complexity index is 899. The van der Waals surface area contributed by atoms with Gasteiger partial charge < -0.3 is 15.4 Å². The van der Waals surface area contributed by atoms with E-state index in [0.717, 1.165) is 16.9 Å². The first-order valence-electron chi connectivity index (χ1n) is 8.71. The Morgan fingerprint density at radius 1 is 1.07 bits per heavy atom. The second kappa shape index (κ2) is 8.80. The van der Waals surface area contributed by atoms with E-state index < -0.39 is 0 Å². The van der Waals surface area contributed by atoms with E-state index in [4.69, 9.17) is 4.74 Å². The fourth-order valence-corrected chi connectivity index (χ4v) is 2.72. The van der Waals surface area contributed by atoms with Crippen molar-refractivity contribution >= 4 is 11.7 Å². The molecule has 1 heterocycles. The summed E-state index contributed by atoms with van der Waals surface area (Å²) in [6, 6.07) is 19.3. The van der Waals surface area contributed by atoms with Crippen LogP contribution in [0.4, 0.5) is 5.82 Å². The van der Waals surface area contributed by atoms with Gasteiger partial charge in [-0.15, -0.1) is 0 Å². The maximum atomic E-state index is 12.5. The van der Waals surface area contributed by atoms with Gasteiger partial charge in [0, 0.05) is 24.2 Å². The van der Waals surface area contributed by atoms with Crippen LogP contribution in [0, 0.1) is 0 Å². The molecule has 0 fully saturated rings. The van der Waals surface area contributed by atoms with E-state index in [1.54, 1.807) is 13.2 Å². The van der Waals surface area contributed by atoms with E-state index in [-0.39, 0.29) is 11.9 Å². The van der Waals surface area contributed by atoms with Crippen molar-refractivity contribution in [1.82, 2.24) is 15.3 Å². The highest BCUT2D eigenvalue weighted by atomic mass is 16.5. The van der Waals surface area contributed by atoms with Gasteiger partial charge in [-0.2, -0.15) is 0 Å². The lowest BCUT2D eigenvalue weighted by Gasteiger charge is -2.15. The summed E-state index contributed by atoms with van der Waals surface area (Å²) in [7, 11) is 1.61. The number of hydrogen-bond acceptors (Lipinski definition) is 5. The van der Waals surface area contributed by atoms with Gasteiger partial charge in [0.25, 0.3) is 5.91 Å². The van der Waals surface area contributed by atoms with E-state index in [9.17, 15) is 4.79 Å². The van der Waals surface area contributed by atoms with Crippen LogP contribution >= 0.6 is 0 Å². The number of nitrogens with one attached hydrogen (secondary N) is 2. The highest BCUT2D eigenvalue weighted by molar-refractivity contribution is 5.92. The molecule has 1 aromatic heterocycles. The minimum Gasteiger partial charge on any atom is -0.496 e. The number of para-hydroxylation sites is 1. The molecule has 0 aliphatic heterocycles. The molecule has 0 saturated carbocycles. The highest BCUT2D eigenvalue weighted by Crippen LogP contribution is 2.18. The number of hydrogen-bond donors (Lipinski definition) is 2. The van der Waals surface area contributed by atoms with E-state index >= 15 is 0 Å². The average molecular weight is 362 g/mol. The van der Waals surface area contributed by atoms with E-state index in [2.05, 4.69) is 20.6 Å². The Morgan fingerprint density at radius 3 is 2.59 bits per heavy atom. The molecular weight excluding hydrogens is 340 g/mol. The van der Waals surface area contributed by atoms with Gasteiger partial charge in [-0.3, -0.25) is 4.79 Å². The van der Waals surface area contributed by atoms with Crippen LogP contribution < -0.4 is 15.4 Å². The second-order valence-electron chi connectivity index (χ2n) is 6.06. The van der Waals surface area contributed by atoms with Gasteiger partial charge in [0.05, 0.1) is 7.11 Å². The largest absolute Gasteiger partial charge is 0.496 e. The van der Waals surface area contributed by atoms with Crippen molar-refractivity contribution < 1.29 is 9.53 Å². The number of aromatic nitrogens is 2. The van der Waals surface area contributed by atoms with Crippen molar-refractivity contribution in [3.63, 3.8) is 0 Å². The molecule has 0 spiro atoms. The number of amides is 1. The lowest BCUT2D eigenvalue weighted by atomic mass is 10.1. The molecule has 3 rings (SSSR count). The maximum absolute atomic E-state index is 12.5. The lowest BCUT2D eigenvalue weighted by molar-refractivity contribution is 0.0945. The third-order valence-electron chi connectivity index (χ3n) is 4.20. The topological polar surface area (TPSA) is 76.1 Å².